The predicted octanol–water partition coefficient (Wildman–Crippen LogP) is 1.44. The zero-order valence-corrected chi connectivity index (χ0v) is 15.9. The first kappa shape index (κ1) is 20.2. The minimum Gasteiger partial charge on any atom is -0.481 e. The lowest BCUT2D eigenvalue weighted by Gasteiger charge is -2.33. The molecular formula is C17H30N2O5S. The number of carboxylic acid groups (broad SMARTS) is 1. The molecule has 2 atom stereocenters. The molecule has 1 aliphatic carbocycles. The van der Waals surface area contributed by atoms with Gasteiger partial charge in [-0.1, -0.05) is 20.3 Å². The highest BCUT2D eigenvalue weighted by Crippen LogP contribution is 2.29. The minimum atomic E-state index is -3.22. The van der Waals surface area contributed by atoms with Crippen LogP contribution in [0.4, 0.5) is 0 Å². The molecule has 1 saturated heterocycles. The van der Waals surface area contributed by atoms with E-state index in [4.69, 9.17) is 5.11 Å². The van der Waals surface area contributed by atoms with Crippen LogP contribution in [-0.2, 0) is 19.6 Å². The summed E-state index contributed by atoms with van der Waals surface area (Å²) in [6, 6.07) is -0.0248. The minimum absolute atomic E-state index is 0.0248. The van der Waals surface area contributed by atoms with E-state index >= 15 is 0 Å². The average Bonchev–Trinajstić information content (AvgIpc) is 2.54. The Kier molecular flexibility index (Phi) is 6.85. The zero-order chi connectivity index (χ0) is 18.6. The highest BCUT2D eigenvalue weighted by Gasteiger charge is 2.33. The fourth-order valence-corrected chi connectivity index (χ4v) is 5.60. The lowest BCUT2D eigenvalue weighted by molar-refractivity contribution is -0.144. The van der Waals surface area contributed by atoms with Crippen LogP contribution in [0.15, 0.2) is 0 Å². The Balaban J connectivity index is 1.81. The Morgan fingerprint density at radius 1 is 1.12 bits per heavy atom. The molecular weight excluding hydrogens is 344 g/mol. The third kappa shape index (κ3) is 5.67. The number of amides is 1. The van der Waals surface area contributed by atoms with Gasteiger partial charge in [0, 0.05) is 25.0 Å². The molecule has 1 amide bonds. The normalized spacial score (nSPS) is 26.5. The van der Waals surface area contributed by atoms with Crippen molar-refractivity contribution in [2.24, 2.45) is 17.8 Å². The highest BCUT2D eigenvalue weighted by molar-refractivity contribution is 7.89. The molecule has 2 fully saturated rings. The van der Waals surface area contributed by atoms with Gasteiger partial charge in [-0.3, -0.25) is 9.59 Å². The van der Waals surface area contributed by atoms with Crippen molar-refractivity contribution in [2.45, 2.75) is 58.4 Å². The van der Waals surface area contributed by atoms with Crippen LogP contribution in [0.25, 0.3) is 0 Å². The van der Waals surface area contributed by atoms with Crippen LogP contribution in [0.1, 0.15) is 52.4 Å². The van der Waals surface area contributed by atoms with Crippen molar-refractivity contribution in [2.75, 3.05) is 18.8 Å². The van der Waals surface area contributed by atoms with E-state index in [9.17, 15) is 18.0 Å². The first-order chi connectivity index (χ1) is 11.7. The third-order valence-electron chi connectivity index (χ3n) is 5.13. The molecule has 0 aromatic rings. The number of hydrogen-bond donors (Lipinski definition) is 2. The molecule has 0 aromatic carbocycles. The Morgan fingerprint density at radius 2 is 1.72 bits per heavy atom. The number of sulfonamides is 1. The van der Waals surface area contributed by atoms with E-state index in [1.54, 1.807) is 0 Å². The van der Waals surface area contributed by atoms with Crippen molar-refractivity contribution in [3.05, 3.63) is 0 Å². The quantitative estimate of drug-likeness (QED) is 0.732. The van der Waals surface area contributed by atoms with Crippen LogP contribution in [0.2, 0.25) is 0 Å². The van der Waals surface area contributed by atoms with Gasteiger partial charge in [0.2, 0.25) is 15.9 Å². The van der Waals surface area contributed by atoms with Gasteiger partial charge in [0.25, 0.3) is 0 Å². The molecule has 2 rings (SSSR count). The van der Waals surface area contributed by atoms with E-state index < -0.39 is 21.9 Å². The summed E-state index contributed by atoms with van der Waals surface area (Å²) in [5.74, 6) is -1.31. The number of aliphatic carboxylic acids is 1. The molecule has 1 saturated carbocycles. The van der Waals surface area contributed by atoms with E-state index in [0.717, 1.165) is 12.8 Å². The number of carboxylic acids is 1. The van der Waals surface area contributed by atoms with Gasteiger partial charge in [0.1, 0.15) is 0 Å². The van der Waals surface area contributed by atoms with Gasteiger partial charge in [-0.15, -0.1) is 0 Å². The zero-order valence-electron chi connectivity index (χ0n) is 15.1. The van der Waals surface area contributed by atoms with Gasteiger partial charge in [0.05, 0.1) is 11.7 Å². The van der Waals surface area contributed by atoms with E-state index in [0.29, 0.717) is 38.8 Å². The van der Waals surface area contributed by atoms with Crippen molar-refractivity contribution < 1.29 is 23.1 Å². The lowest BCUT2D eigenvalue weighted by atomic mass is 9.81. The smallest absolute Gasteiger partial charge is 0.306 e. The van der Waals surface area contributed by atoms with E-state index in [-0.39, 0.29) is 29.5 Å². The van der Waals surface area contributed by atoms with Crippen molar-refractivity contribution in [1.82, 2.24) is 9.62 Å². The van der Waals surface area contributed by atoms with Crippen LogP contribution in [0.5, 0.6) is 0 Å². The number of nitrogens with one attached hydrogen (secondary N) is 1. The number of carbonyl (C=O) groups is 2. The van der Waals surface area contributed by atoms with Crippen molar-refractivity contribution in [1.29, 1.82) is 0 Å². The number of rotatable bonds is 6. The molecule has 0 radical (unpaired) electrons. The molecule has 1 heterocycles. The topological polar surface area (TPSA) is 104 Å². The average molecular weight is 375 g/mol. The van der Waals surface area contributed by atoms with Crippen LogP contribution in [-0.4, -0.2) is 54.6 Å². The predicted molar refractivity (Wildman–Crippen MR) is 94.4 cm³/mol. The number of hydrogen-bond acceptors (Lipinski definition) is 4. The first-order valence-corrected chi connectivity index (χ1v) is 10.8. The van der Waals surface area contributed by atoms with Crippen molar-refractivity contribution in [3.63, 3.8) is 0 Å². The largest absolute Gasteiger partial charge is 0.481 e. The van der Waals surface area contributed by atoms with Gasteiger partial charge >= 0.3 is 5.97 Å². The molecule has 7 nitrogen and oxygen atoms in total. The molecule has 144 valence electrons. The second-order valence-corrected chi connectivity index (χ2v) is 9.77. The summed E-state index contributed by atoms with van der Waals surface area (Å²) < 4.78 is 26.0. The summed E-state index contributed by atoms with van der Waals surface area (Å²) in [7, 11) is -3.22. The fraction of sp³-hybridized carbons (Fsp3) is 0.882. The molecule has 2 aliphatic rings. The summed E-state index contributed by atoms with van der Waals surface area (Å²) in [6.45, 7) is 4.64. The van der Waals surface area contributed by atoms with E-state index in [1.807, 2.05) is 13.8 Å². The van der Waals surface area contributed by atoms with Gasteiger partial charge in [-0.05, 0) is 38.0 Å². The van der Waals surface area contributed by atoms with Gasteiger partial charge in [-0.25, -0.2) is 12.7 Å². The van der Waals surface area contributed by atoms with Crippen LogP contribution in [0, 0.1) is 17.8 Å². The first-order valence-electron chi connectivity index (χ1n) is 9.20. The number of nitrogens with zero attached hydrogens (tertiary/aromatic N) is 1. The molecule has 0 spiro atoms. The molecule has 25 heavy (non-hydrogen) atoms. The van der Waals surface area contributed by atoms with Crippen molar-refractivity contribution in [3.8, 4) is 0 Å². The summed E-state index contributed by atoms with van der Waals surface area (Å²) in [4.78, 5) is 23.5. The molecule has 0 bridgehead atoms. The second-order valence-electron chi connectivity index (χ2n) is 7.75. The van der Waals surface area contributed by atoms with E-state index in [1.165, 1.54) is 4.31 Å². The van der Waals surface area contributed by atoms with Gasteiger partial charge in [0.15, 0.2) is 0 Å². The van der Waals surface area contributed by atoms with Crippen LogP contribution < -0.4 is 5.32 Å². The second kappa shape index (κ2) is 8.49. The SMILES string of the molecule is CC(C)CS(=O)(=O)N1CCC(NC(=O)C2CCCC(C(=O)O)C2)CC1. The Bertz CT molecular complexity index is 582. The molecule has 2 N–H and O–H groups in total. The Hall–Kier alpha value is -1.15. The molecule has 2 unspecified atom stereocenters. The van der Waals surface area contributed by atoms with Crippen LogP contribution in [0.3, 0.4) is 0 Å². The monoisotopic (exact) mass is 374 g/mol. The van der Waals surface area contributed by atoms with Gasteiger partial charge in [-0.2, -0.15) is 0 Å². The van der Waals surface area contributed by atoms with E-state index in [2.05, 4.69) is 5.32 Å². The Labute approximate surface area is 150 Å². The van der Waals surface area contributed by atoms with Gasteiger partial charge < -0.3 is 10.4 Å². The molecule has 1 aliphatic heterocycles. The highest BCUT2D eigenvalue weighted by atomic mass is 32.2. The summed E-state index contributed by atoms with van der Waals surface area (Å²) in [5, 5.41) is 12.1. The summed E-state index contributed by atoms with van der Waals surface area (Å²) in [5.41, 5.74) is 0. The maximum absolute atomic E-state index is 12.4. The number of carbonyl (C=O) groups excluding carboxylic acids is 1. The molecule has 8 heteroatoms. The summed E-state index contributed by atoms with van der Waals surface area (Å²) in [6.07, 6.45) is 3.77. The van der Waals surface area contributed by atoms with Crippen molar-refractivity contribution >= 4 is 21.9 Å². The summed E-state index contributed by atoms with van der Waals surface area (Å²) >= 11 is 0. The Morgan fingerprint density at radius 3 is 2.28 bits per heavy atom. The van der Waals surface area contributed by atoms with Crippen LogP contribution >= 0.6 is 0 Å². The fourth-order valence-electron chi connectivity index (χ4n) is 3.78. The standard InChI is InChI=1S/C17H30N2O5S/c1-12(2)11-25(23,24)19-8-6-15(7-9-19)18-16(20)13-4-3-5-14(10-13)17(21)22/h12-15H,3-11H2,1-2H3,(H,18,20)(H,21,22). The molecule has 0 aromatic heterocycles. The maximum Gasteiger partial charge on any atom is 0.306 e. The third-order valence-corrected chi connectivity index (χ3v) is 7.37. The number of piperidine rings is 1. The lowest BCUT2D eigenvalue weighted by Crippen LogP contribution is -2.49. The maximum atomic E-state index is 12.4.